The van der Waals surface area contributed by atoms with Gasteiger partial charge in [0, 0.05) is 15.8 Å². The number of aryl methyl sites for hydroxylation is 1. The molecule has 3 heterocycles. The highest BCUT2D eigenvalue weighted by atomic mass is 32.1. The van der Waals surface area contributed by atoms with Gasteiger partial charge in [0.05, 0.1) is 5.39 Å². The molecule has 0 fully saturated rings. The molecule has 0 saturated heterocycles. The highest BCUT2D eigenvalue weighted by Gasteiger charge is 2.18. The highest BCUT2D eigenvalue weighted by molar-refractivity contribution is 7.18. The average molecular weight is 412 g/mol. The first-order valence-corrected chi connectivity index (χ1v) is 10.4. The number of aromatic nitrogens is 2. The zero-order chi connectivity index (χ0) is 19.7. The van der Waals surface area contributed by atoms with E-state index < -0.39 is 12.0 Å². The number of nitrogens with one attached hydrogen (secondary N) is 1. The van der Waals surface area contributed by atoms with E-state index in [-0.39, 0.29) is 5.56 Å². The number of carbonyl (C=O) groups is 1. The molecule has 0 saturated carbocycles. The van der Waals surface area contributed by atoms with Crippen molar-refractivity contribution in [2.75, 3.05) is 5.43 Å². The molecule has 0 aliphatic heterocycles. The molecular formula is C20H17N3O3S2. The maximum absolute atomic E-state index is 12.9. The van der Waals surface area contributed by atoms with Gasteiger partial charge in [0.15, 0.2) is 6.10 Å². The van der Waals surface area contributed by atoms with Crippen LogP contribution in [0.4, 0.5) is 0 Å². The van der Waals surface area contributed by atoms with Gasteiger partial charge >= 0.3 is 0 Å². The molecule has 0 aliphatic carbocycles. The zero-order valence-corrected chi connectivity index (χ0v) is 16.8. The molecule has 0 aliphatic rings. The first-order valence-electron chi connectivity index (χ1n) is 8.60. The second kappa shape index (κ2) is 7.57. The normalized spacial score (nSPS) is 12.1. The van der Waals surface area contributed by atoms with E-state index in [1.54, 1.807) is 24.3 Å². The molecule has 0 spiro atoms. The van der Waals surface area contributed by atoms with E-state index in [2.05, 4.69) is 10.4 Å². The van der Waals surface area contributed by atoms with Gasteiger partial charge in [-0.3, -0.25) is 15.0 Å². The highest BCUT2D eigenvalue weighted by Crippen LogP contribution is 2.33. The Bertz CT molecular complexity index is 1200. The van der Waals surface area contributed by atoms with E-state index in [1.807, 2.05) is 48.0 Å². The Morgan fingerprint density at radius 2 is 2.11 bits per heavy atom. The third-order valence-corrected chi connectivity index (χ3v) is 5.97. The van der Waals surface area contributed by atoms with Gasteiger partial charge in [-0.2, -0.15) is 0 Å². The topological polar surface area (TPSA) is 73.2 Å². The largest absolute Gasteiger partial charge is 0.481 e. The number of ether oxygens (including phenoxy) is 1. The number of hydrogen-bond acceptors (Lipinski definition) is 6. The van der Waals surface area contributed by atoms with Crippen molar-refractivity contribution >= 4 is 38.8 Å². The van der Waals surface area contributed by atoms with Gasteiger partial charge in [-0.25, -0.2) is 9.66 Å². The molecule has 142 valence electrons. The molecule has 3 aromatic heterocycles. The fourth-order valence-corrected chi connectivity index (χ4v) is 4.50. The summed E-state index contributed by atoms with van der Waals surface area (Å²) < 4.78 is 6.80. The van der Waals surface area contributed by atoms with Crippen LogP contribution in [0.15, 0.2) is 58.3 Å². The summed E-state index contributed by atoms with van der Waals surface area (Å²) in [5, 5.41) is 4.38. The van der Waals surface area contributed by atoms with Gasteiger partial charge in [-0.15, -0.1) is 22.7 Å². The average Bonchev–Trinajstić information content (AvgIpc) is 3.33. The van der Waals surface area contributed by atoms with E-state index in [1.165, 1.54) is 17.7 Å². The lowest BCUT2D eigenvalue weighted by atomic mass is 10.2. The van der Waals surface area contributed by atoms with E-state index in [9.17, 15) is 9.59 Å². The lowest BCUT2D eigenvalue weighted by Gasteiger charge is -2.15. The van der Waals surface area contributed by atoms with Gasteiger partial charge in [-0.1, -0.05) is 18.2 Å². The molecule has 0 unspecified atom stereocenters. The van der Waals surface area contributed by atoms with Gasteiger partial charge in [-0.05, 0) is 43.0 Å². The van der Waals surface area contributed by atoms with Crippen molar-refractivity contribution in [1.29, 1.82) is 0 Å². The third-order valence-electron chi connectivity index (χ3n) is 4.18. The molecule has 1 amide bonds. The van der Waals surface area contributed by atoms with Crippen LogP contribution < -0.4 is 15.7 Å². The summed E-state index contributed by atoms with van der Waals surface area (Å²) in [4.78, 5) is 31.4. The lowest BCUT2D eigenvalue weighted by Crippen LogP contribution is -2.39. The molecule has 0 radical (unpaired) electrons. The number of fused-ring (bicyclic) bond motifs is 1. The van der Waals surface area contributed by atoms with E-state index >= 15 is 0 Å². The van der Waals surface area contributed by atoms with Crippen molar-refractivity contribution in [3.8, 4) is 16.2 Å². The summed E-state index contributed by atoms with van der Waals surface area (Å²) in [5.41, 5.74) is 4.14. The molecule has 1 N–H and O–H groups in total. The second-order valence-corrected chi connectivity index (χ2v) is 8.08. The Morgan fingerprint density at radius 1 is 1.25 bits per heavy atom. The Labute approximate surface area is 169 Å². The van der Waals surface area contributed by atoms with Crippen LogP contribution >= 0.6 is 22.7 Å². The van der Waals surface area contributed by atoms with Crippen molar-refractivity contribution in [2.24, 2.45) is 0 Å². The number of rotatable bonds is 5. The van der Waals surface area contributed by atoms with Crippen molar-refractivity contribution in [3.05, 3.63) is 69.4 Å². The Morgan fingerprint density at radius 3 is 2.86 bits per heavy atom. The quantitative estimate of drug-likeness (QED) is 0.538. The second-order valence-electron chi connectivity index (χ2n) is 6.28. The summed E-state index contributed by atoms with van der Waals surface area (Å²) in [6.07, 6.45) is 0.556. The number of hydrogen-bond donors (Lipinski definition) is 1. The van der Waals surface area contributed by atoms with Crippen LogP contribution in [0.3, 0.4) is 0 Å². The predicted octanol–water partition coefficient (Wildman–Crippen LogP) is 4.03. The van der Waals surface area contributed by atoms with Crippen molar-refractivity contribution in [2.45, 2.75) is 20.0 Å². The van der Waals surface area contributed by atoms with Crippen LogP contribution in [-0.4, -0.2) is 21.7 Å². The van der Waals surface area contributed by atoms with Crippen molar-refractivity contribution in [1.82, 2.24) is 9.66 Å². The summed E-state index contributed by atoms with van der Waals surface area (Å²) >= 11 is 2.96. The third kappa shape index (κ3) is 3.56. The number of carbonyl (C=O) groups excluding carboxylic acids is 1. The molecule has 1 atom stereocenters. The molecular weight excluding hydrogens is 394 g/mol. The summed E-state index contributed by atoms with van der Waals surface area (Å²) in [5.74, 6) is 0.166. The fraction of sp³-hybridized carbons (Fsp3) is 0.150. The number of thiophene rings is 2. The van der Waals surface area contributed by atoms with E-state index in [0.29, 0.717) is 16.0 Å². The monoisotopic (exact) mass is 411 g/mol. The van der Waals surface area contributed by atoms with Crippen LogP contribution in [0.25, 0.3) is 20.7 Å². The van der Waals surface area contributed by atoms with Gasteiger partial charge in [0.25, 0.3) is 11.5 Å². The summed E-state index contributed by atoms with van der Waals surface area (Å²) in [7, 11) is 0. The van der Waals surface area contributed by atoms with Crippen LogP contribution in [0.5, 0.6) is 5.75 Å². The minimum absolute atomic E-state index is 0.314. The zero-order valence-electron chi connectivity index (χ0n) is 15.2. The molecule has 6 nitrogen and oxygen atoms in total. The molecule has 4 rings (SSSR count). The van der Waals surface area contributed by atoms with Gasteiger partial charge < -0.3 is 4.74 Å². The fourth-order valence-electron chi connectivity index (χ4n) is 2.78. The minimum atomic E-state index is -0.774. The van der Waals surface area contributed by atoms with Gasteiger partial charge in [0.2, 0.25) is 0 Å². The van der Waals surface area contributed by atoms with Crippen LogP contribution in [0, 0.1) is 6.92 Å². The molecule has 1 aromatic carbocycles. The maximum atomic E-state index is 12.9. The number of amides is 1. The van der Waals surface area contributed by atoms with Crippen molar-refractivity contribution in [3.63, 3.8) is 0 Å². The summed E-state index contributed by atoms with van der Waals surface area (Å²) in [6.45, 7) is 3.58. The number of nitrogens with zero attached hydrogens (tertiary/aromatic N) is 2. The van der Waals surface area contributed by atoms with E-state index in [4.69, 9.17) is 4.74 Å². The van der Waals surface area contributed by atoms with Crippen LogP contribution in [0.1, 0.15) is 12.5 Å². The van der Waals surface area contributed by atoms with Crippen LogP contribution in [-0.2, 0) is 4.79 Å². The molecule has 0 bridgehead atoms. The first-order chi connectivity index (χ1) is 13.5. The minimum Gasteiger partial charge on any atom is -0.481 e. The standard InChI is InChI=1S/C20H17N3O3S2/c1-12-5-3-6-14(9-12)26-13(2)18(24)22-23-11-21-19-17(20(23)25)15(10-28-19)16-7-4-8-27-16/h3-11,13H,1-2H3,(H,22,24)/t13-/m1/s1. The first kappa shape index (κ1) is 18.4. The lowest BCUT2D eigenvalue weighted by molar-refractivity contribution is -0.123. The summed E-state index contributed by atoms with van der Waals surface area (Å²) in [6, 6.07) is 11.3. The molecule has 28 heavy (non-hydrogen) atoms. The van der Waals surface area contributed by atoms with Gasteiger partial charge in [0.1, 0.15) is 16.9 Å². The van der Waals surface area contributed by atoms with Crippen molar-refractivity contribution < 1.29 is 9.53 Å². The van der Waals surface area contributed by atoms with E-state index in [0.717, 1.165) is 20.7 Å². The predicted molar refractivity (Wildman–Crippen MR) is 113 cm³/mol. The number of benzene rings is 1. The Balaban J connectivity index is 1.59. The van der Waals surface area contributed by atoms with Crippen LogP contribution in [0.2, 0.25) is 0 Å². The smallest absolute Gasteiger partial charge is 0.281 e. The Hall–Kier alpha value is -2.97. The molecule has 8 heteroatoms. The SMILES string of the molecule is Cc1cccc(O[C@H](C)C(=O)Nn2cnc3scc(-c4cccs4)c3c2=O)c1. The molecule has 4 aromatic rings. The Kier molecular flexibility index (Phi) is 4.97. The maximum Gasteiger partial charge on any atom is 0.281 e.